The number of hydrogen-bond acceptors (Lipinski definition) is 7. The Bertz CT molecular complexity index is 1300. The van der Waals surface area contributed by atoms with E-state index in [-0.39, 0.29) is 0 Å². The van der Waals surface area contributed by atoms with Crippen molar-refractivity contribution in [3.05, 3.63) is 54.6 Å². The first-order valence-electron chi connectivity index (χ1n) is 12.3. The molecular weight excluding hydrogens is 454 g/mol. The lowest BCUT2D eigenvalue weighted by Crippen LogP contribution is -2.46. The maximum absolute atomic E-state index is 5.52. The van der Waals surface area contributed by atoms with Crippen LogP contribution in [0.3, 0.4) is 0 Å². The molecule has 0 radical (unpaired) electrons. The number of piperazine rings is 1. The van der Waals surface area contributed by atoms with Crippen molar-refractivity contribution in [2.75, 3.05) is 64.3 Å². The summed E-state index contributed by atoms with van der Waals surface area (Å²) in [6.07, 6.45) is 0. The van der Waals surface area contributed by atoms with Crippen molar-refractivity contribution in [1.29, 1.82) is 0 Å². The first kappa shape index (κ1) is 23.8. The van der Waals surface area contributed by atoms with Gasteiger partial charge in [-0.3, -0.25) is 5.10 Å². The molecule has 1 aromatic heterocycles. The third-order valence-electron chi connectivity index (χ3n) is 6.88. The van der Waals surface area contributed by atoms with Crippen LogP contribution in [0.15, 0.2) is 54.6 Å². The minimum atomic E-state index is 0.576. The molecule has 0 atom stereocenters. The van der Waals surface area contributed by atoms with Crippen LogP contribution in [0.5, 0.6) is 17.2 Å². The standard InChI is InChI=1S/C28H33N5O3/c1-5-32-12-14-33(15-13-32)22-9-7-21(8-10-22)29-28-23-11-6-19(16-24(23)30-31-28)20-17-25(34-2)27(36-4)26(18-20)35-3/h6-11,16-18H,5,12-15H2,1-4H3,(H2,29,30,31). The number of fused-ring (bicyclic) bond motifs is 1. The highest BCUT2D eigenvalue weighted by Crippen LogP contribution is 2.41. The number of benzene rings is 3. The van der Waals surface area contributed by atoms with E-state index in [0.717, 1.165) is 66.3 Å². The SMILES string of the molecule is CCN1CCN(c2ccc(Nc3n[nH]c4cc(-c5cc(OC)c(OC)c(OC)c5)ccc34)cc2)CC1. The molecule has 0 spiro atoms. The van der Waals surface area contributed by atoms with Crippen molar-refractivity contribution in [1.82, 2.24) is 15.1 Å². The Hall–Kier alpha value is -3.91. The van der Waals surface area contributed by atoms with E-state index in [1.165, 1.54) is 5.69 Å². The van der Waals surface area contributed by atoms with Gasteiger partial charge in [0.25, 0.3) is 0 Å². The molecule has 0 amide bonds. The van der Waals surface area contributed by atoms with Gasteiger partial charge in [0.1, 0.15) is 0 Å². The fourth-order valence-electron chi connectivity index (χ4n) is 4.76. The average Bonchev–Trinajstić information content (AvgIpc) is 3.34. The summed E-state index contributed by atoms with van der Waals surface area (Å²) >= 11 is 0. The number of likely N-dealkylation sites (N-methyl/N-ethyl adjacent to an activating group) is 1. The Balaban J connectivity index is 1.34. The van der Waals surface area contributed by atoms with Crippen molar-refractivity contribution in [3.8, 4) is 28.4 Å². The zero-order valence-electron chi connectivity index (χ0n) is 21.3. The number of nitrogens with one attached hydrogen (secondary N) is 2. The molecule has 1 saturated heterocycles. The molecule has 5 rings (SSSR count). The van der Waals surface area contributed by atoms with E-state index < -0.39 is 0 Å². The highest BCUT2D eigenvalue weighted by atomic mass is 16.5. The number of anilines is 3. The molecule has 1 aliphatic rings. The van der Waals surface area contributed by atoms with E-state index in [1.807, 2.05) is 12.1 Å². The molecule has 8 heteroatoms. The summed E-state index contributed by atoms with van der Waals surface area (Å²) in [5, 5.41) is 12.2. The van der Waals surface area contributed by atoms with E-state index in [1.54, 1.807) is 21.3 Å². The summed E-state index contributed by atoms with van der Waals surface area (Å²) in [4.78, 5) is 4.94. The smallest absolute Gasteiger partial charge is 0.203 e. The lowest BCUT2D eigenvalue weighted by molar-refractivity contribution is 0.271. The minimum absolute atomic E-state index is 0.576. The van der Waals surface area contributed by atoms with Crippen LogP contribution in [0, 0.1) is 0 Å². The summed E-state index contributed by atoms with van der Waals surface area (Å²) in [5.41, 5.74) is 5.19. The molecule has 8 nitrogen and oxygen atoms in total. The Morgan fingerprint density at radius 3 is 2.14 bits per heavy atom. The van der Waals surface area contributed by atoms with Gasteiger partial charge in [0.15, 0.2) is 17.3 Å². The van der Waals surface area contributed by atoms with Gasteiger partial charge in [-0.25, -0.2) is 0 Å². The number of rotatable bonds is 8. The van der Waals surface area contributed by atoms with Gasteiger partial charge in [-0.05, 0) is 66.2 Å². The molecule has 188 valence electrons. The molecule has 0 bridgehead atoms. The molecule has 2 N–H and O–H groups in total. The van der Waals surface area contributed by atoms with Gasteiger partial charge < -0.3 is 29.3 Å². The number of aromatic nitrogens is 2. The van der Waals surface area contributed by atoms with Gasteiger partial charge in [-0.2, -0.15) is 5.10 Å². The highest BCUT2D eigenvalue weighted by molar-refractivity contribution is 5.94. The van der Waals surface area contributed by atoms with Crippen LogP contribution in [0.1, 0.15) is 6.92 Å². The molecule has 1 fully saturated rings. The predicted octanol–water partition coefficient (Wildman–Crippen LogP) is 5.14. The Morgan fingerprint density at radius 2 is 1.53 bits per heavy atom. The van der Waals surface area contributed by atoms with Gasteiger partial charge in [-0.15, -0.1) is 0 Å². The summed E-state index contributed by atoms with van der Waals surface area (Å²) < 4.78 is 16.5. The van der Waals surface area contributed by atoms with Gasteiger partial charge in [0, 0.05) is 42.9 Å². The number of ether oxygens (including phenoxy) is 3. The molecule has 0 aliphatic carbocycles. The average molecular weight is 488 g/mol. The van der Waals surface area contributed by atoms with Crippen molar-refractivity contribution >= 4 is 28.1 Å². The van der Waals surface area contributed by atoms with Crippen LogP contribution in [0.4, 0.5) is 17.2 Å². The Kier molecular flexibility index (Phi) is 6.86. The summed E-state index contributed by atoms with van der Waals surface area (Å²) in [7, 11) is 4.85. The van der Waals surface area contributed by atoms with Crippen molar-refractivity contribution in [2.45, 2.75) is 6.92 Å². The molecule has 4 aromatic rings. The lowest BCUT2D eigenvalue weighted by Gasteiger charge is -2.35. The van der Waals surface area contributed by atoms with E-state index >= 15 is 0 Å². The number of hydrogen-bond donors (Lipinski definition) is 2. The highest BCUT2D eigenvalue weighted by Gasteiger charge is 2.17. The second kappa shape index (κ2) is 10.4. The van der Waals surface area contributed by atoms with E-state index in [0.29, 0.717) is 17.2 Å². The zero-order chi connectivity index (χ0) is 25.1. The second-order valence-electron chi connectivity index (χ2n) is 8.84. The molecule has 36 heavy (non-hydrogen) atoms. The predicted molar refractivity (Wildman–Crippen MR) is 145 cm³/mol. The van der Waals surface area contributed by atoms with Crippen LogP contribution in [-0.2, 0) is 0 Å². The molecular formula is C28H33N5O3. The third kappa shape index (κ3) is 4.64. The maximum Gasteiger partial charge on any atom is 0.203 e. The normalized spacial score (nSPS) is 14.2. The monoisotopic (exact) mass is 487 g/mol. The molecule has 1 aliphatic heterocycles. The van der Waals surface area contributed by atoms with E-state index in [4.69, 9.17) is 14.2 Å². The third-order valence-corrected chi connectivity index (χ3v) is 6.88. The van der Waals surface area contributed by atoms with Crippen LogP contribution in [0.25, 0.3) is 22.0 Å². The molecule has 2 heterocycles. The summed E-state index contributed by atoms with van der Waals surface area (Å²) in [6, 6.07) is 18.7. The molecule has 0 saturated carbocycles. The quantitative estimate of drug-likeness (QED) is 0.356. The lowest BCUT2D eigenvalue weighted by atomic mass is 10.0. The number of nitrogens with zero attached hydrogens (tertiary/aromatic N) is 3. The topological polar surface area (TPSA) is 74.9 Å². The van der Waals surface area contributed by atoms with Gasteiger partial charge in [-0.1, -0.05) is 13.0 Å². The Labute approximate surface area is 211 Å². The van der Waals surface area contributed by atoms with Crippen LogP contribution >= 0.6 is 0 Å². The summed E-state index contributed by atoms with van der Waals surface area (Å²) in [5.74, 6) is 2.61. The number of methoxy groups -OCH3 is 3. The first-order chi connectivity index (χ1) is 17.6. The van der Waals surface area contributed by atoms with Crippen LogP contribution in [-0.4, -0.2) is 69.2 Å². The second-order valence-corrected chi connectivity index (χ2v) is 8.84. The Morgan fingerprint density at radius 1 is 0.833 bits per heavy atom. The minimum Gasteiger partial charge on any atom is -0.493 e. The van der Waals surface area contributed by atoms with E-state index in [2.05, 4.69) is 74.7 Å². The number of aromatic amines is 1. The molecule has 0 unspecified atom stereocenters. The molecule has 3 aromatic carbocycles. The van der Waals surface area contributed by atoms with Gasteiger partial charge in [0.05, 0.1) is 26.8 Å². The van der Waals surface area contributed by atoms with Gasteiger partial charge in [0.2, 0.25) is 5.75 Å². The van der Waals surface area contributed by atoms with Crippen LogP contribution < -0.4 is 24.4 Å². The maximum atomic E-state index is 5.52. The van der Waals surface area contributed by atoms with Crippen molar-refractivity contribution in [3.63, 3.8) is 0 Å². The largest absolute Gasteiger partial charge is 0.493 e. The van der Waals surface area contributed by atoms with Gasteiger partial charge >= 0.3 is 0 Å². The van der Waals surface area contributed by atoms with Crippen molar-refractivity contribution in [2.24, 2.45) is 0 Å². The fraction of sp³-hybridized carbons (Fsp3) is 0.321. The zero-order valence-corrected chi connectivity index (χ0v) is 21.3. The number of H-pyrrole nitrogens is 1. The van der Waals surface area contributed by atoms with Crippen LogP contribution in [0.2, 0.25) is 0 Å². The first-order valence-corrected chi connectivity index (χ1v) is 12.3. The van der Waals surface area contributed by atoms with E-state index in [9.17, 15) is 0 Å². The van der Waals surface area contributed by atoms with Crippen molar-refractivity contribution < 1.29 is 14.2 Å². The summed E-state index contributed by atoms with van der Waals surface area (Å²) in [6.45, 7) is 7.72. The fourth-order valence-corrected chi connectivity index (χ4v) is 4.76.